The highest BCUT2D eigenvalue weighted by molar-refractivity contribution is 5.99. The van der Waals surface area contributed by atoms with Gasteiger partial charge in [0.05, 0.1) is 0 Å². The number of rotatable bonds is 4. The van der Waals surface area contributed by atoms with Gasteiger partial charge in [-0.3, -0.25) is 9.59 Å². The molecule has 102 valence electrons. The van der Waals surface area contributed by atoms with Crippen molar-refractivity contribution in [1.29, 1.82) is 0 Å². The molecule has 1 amide bonds. The molecule has 1 fully saturated rings. The molecular formula is C16H15NO3. The zero-order valence-corrected chi connectivity index (χ0v) is 11.0. The Morgan fingerprint density at radius 2 is 1.80 bits per heavy atom. The average molecular weight is 269 g/mol. The maximum atomic E-state index is 12.5. The number of carbonyl (C=O) groups excluding carboxylic acids is 1. The Labute approximate surface area is 116 Å². The Bertz CT molecular complexity index is 676. The lowest BCUT2D eigenvalue weighted by Crippen LogP contribution is -2.37. The van der Waals surface area contributed by atoms with E-state index in [2.05, 4.69) is 0 Å². The fraction of sp³-hybridized carbons (Fsp3) is 0.250. The molecule has 1 aliphatic rings. The van der Waals surface area contributed by atoms with Crippen LogP contribution in [0.5, 0.6) is 0 Å². The minimum absolute atomic E-state index is 0.0880. The first-order valence-corrected chi connectivity index (χ1v) is 6.67. The molecule has 0 aliphatic heterocycles. The number of benzene rings is 2. The Morgan fingerprint density at radius 3 is 2.45 bits per heavy atom. The van der Waals surface area contributed by atoms with E-state index in [1.54, 1.807) is 6.07 Å². The molecule has 1 saturated carbocycles. The van der Waals surface area contributed by atoms with Gasteiger partial charge >= 0.3 is 5.97 Å². The van der Waals surface area contributed by atoms with Crippen molar-refractivity contribution in [2.24, 2.45) is 0 Å². The van der Waals surface area contributed by atoms with Gasteiger partial charge in [-0.2, -0.15) is 0 Å². The minimum Gasteiger partial charge on any atom is -0.480 e. The van der Waals surface area contributed by atoms with E-state index < -0.39 is 5.97 Å². The number of nitrogens with zero attached hydrogens (tertiary/aromatic N) is 1. The number of aliphatic carboxylic acids is 1. The highest BCUT2D eigenvalue weighted by atomic mass is 16.4. The topological polar surface area (TPSA) is 57.6 Å². The van der Waals surface area contributed by atoms with Crippen LogP contribution in [0.4, 0.5) is 0 Å². The van der Waals surface area contributed by atoms with E-state index in [1.165, 1.54) is 4.90 Å². The van der Waals surface area contributed by atoms with Crippen LogP contribution >= 0.6 is 0 Å². The van der Waals surface area contributed by atoms with Crippen LogP contribution in [0.1, 0.15) is 23.2 Å². The number of carboxylic acids is 1. The van der Waals surface area contributed by atoms with Crippen molar-refractivity contribution in [1.82, 2.24) is 4.90 Å². The summed E-state index contributed by atoms with van der Waals surface area (Å²) in [7, 11) is 0. The van der Waals surface area contributed by atoms with Gasteiger partial charge in [-0.15, -0.1) is 0 Å². The van der Waals surface area contributed by atoms with Crippen molar-refractivity contribution in [3.8, 4) is 0 Å². The number of hydrogen-bond donors (Lipinski definition) is 1. The fourth-order valence-corrected chi connectivity index (χ4v) is 2.39. The lowest BCUT2D eigenvalue weighted by atomic mass is 10.1. The van der Waals surface area contributed by atoms with Crippen LogP contribution in [0, 0.1) is 0 Å². The smallest absolute Gasteiger partial charge is 0.323 e. The van der Waals surface area contributed by atoms with Gasteiger partial charge in [0, 0.05) is 11.6 Å². The fourth-order valence-electron chi connectivity index (χ4n) is 2.39. The van der Waals surface area contributed by atoms with E-state index in [9.17, 15) is 9.59 Å². The second-order valence-electron chi connectivity index (χ2n) is 5.12. The molecule has 2 aromatic rings. The first-order chi connectivity index (χ1) is 9.65. The van der Waals surface area contributed by atoms with Gasteiger partial charge in [0.1, 0.15) is 6.54 Å². The van der Waals surface area contributed by atoms with Crippen molar-refractivity contribution in [3.05, 3.63) is 48.0 Å². The van der Waals surface area contributed by atoms with Gasteiger partial charge in [-0.25, -0.2) is 0 Å². The number of amides is 1. The molecule has 1 aliphatic carbocycles. The van der Waals surface area contributed by atoms with Gasteiger partial charge < -0.3 is 10.0 Å². The van der Waals surface area contributed by atoms with E-state index in [0.717, 1.165) is 23.6 Å². The van der Waals surface area contributed by atoms with Crippen LogP contribution in [0.15, 0.2) is 42.5 Å². The van der Waals surface area contributed by atoms with Crippen molar-refractivity contribution in [2.75, 3.05) is 6.54 Å². The largest absolute Gasteiger partial charge is 0.480 e. The summed E-state index contributed by atoms with van der Waals surface area (Å²) in [6.45, 7) is -0.226. The molecule has 2 aromatic carbocycles. The minimum atomic E-state index is -0.967. The summed E-state index contributed by atoms with van der Waals surface area (Å²) in [4.78, 5) is 24.8. The quantitative estimate of drug-likeness (QED) is 0.927. The lowest BCUT2D eigenvalue weighted by Gasteiger charge is -2.20. The molecule has 4 heteroatoms. The number of carboxylic acid groups (broad SMARTS) is 1. The molecule has 3 rings (SSSR count). The Balaban J connectivity index is 1.92. The molecule has 0 unspecified atom stereocenters. The first kappa shape index (κ1) is 12.7. The third-order valence-electron chi connectivity index (χ3n) is 3.55. The third-order valence-corrected chi connectivity index (χ3v) is 3.55. The normalized spacial score (nSPS) is 14.2. The lowest BCUT2D eigenvalue weighted by molar-refractivity contribution is -0.137. The Kier molecular flexibility index (Phi) is 3.14. The first-order valence-electron chi connectivity index (χ1n) is 6.67. The standard InChI is InChI=1S/C16H15NO3/c18-15(19)10-17(14-7-8-14)16(20)13-6-5-11-3-1-2-4-12(11)9-13/h1-6,9,14H,7-8,10H2,(H,18,19). The van der Waals surface area contributed by atoms with Gasteiger partial charge in [0.15, 0.2) is 0 Å². The zero-order chi connectivity index (χ0) is 14.1. The van der Waals surface area contributed by atoms with Gasteiger partial charge in [0.25, 0.3) is 5.91 Å². The van der Waals surface area contributed by atoms with Crippen LogP contribution in [0.2, 0.25) is 0 Å². The summed E-state index contributed by atoms with van der Waals surface area (Å²) in [6, 6.07) is 13.4. The molecule has 1 N–H and O–H groups in total. The highest BCUT2D eigenvalue weighted by Crippen LogP contribution is 2.28. The van der Waals surface area contributed by atoms with Crippen molar-refractivity contribution >= 4 is 22.6 Å². The second-order valence-corrected chi connectivity index (χ2v) is 5.12. The third kappa shape index (κ3) is 2.50. The SMILES string of the molecule is O=C(O)CN(C(=O)c1ccc2ccccc2c1)C1CC1. The predicted molar refractivity (Wildman–Crippen MR) is 75.6 cm³/mol. The molecule has 0 saturated heterocycles. The van der Waals surface area contributed by atoms with Gasteiger partial charge in [-0.05, 0) is 35.7 Å². The molecular weight excluding hydrogens is 254 g/mol. The Hall–Kier alpha value is -2.36. The van der Waals surface area contributed by atoms with E-state index in [0.29, 0.717) is 5.56 Å². The van der Waals surface area contributed by atoms with E-state index >= 15 is 0 Å². The predicted octanol–water partition coefficient (Wildman–Crippen LogP) is 2.53. The molecule has 0 aromatic heterocycles. The van der Waals surface area contributed by atoms with Crippen LogP contribution in [0.3, 0.4) is 0 Å². The average Bonchev–Trinajstić information content (AvgIpc) is 3.28. The van der Waals surface area contributed by atoms with Gasteiger partial charge in [-0.1, -0.05) is 30.3 Å². The summed E-state index contributed by atoms with van der Waals surface area (Å²) in [5.41, 5.74) is 0.553. The molecule has 0 radical (unpaired) electrons. The maximum absolute atomic E-state index is 12.5. The summed E-state index contributed by atoms with van der Waals surface area (Å²) in [5, 5.41) is 11.0. The summed E-state index contributed by atoms with van der Waals surface area (Å²) in [5.74, 6) is -1.16. The van der Waals surface area contributed by atoms with Crippen LogP contribution in [-0.4, -0.2) is 34.5 Å². The van der Waals surface area contributed by atoms with Crippen molar-refractivity contribution in [2.45, 2.75) is 18.9 Å². The molecule has 0 bridgehead atoms. The van der Waals surface area contributed by atoms with Crippen LogP contribution in [-0.2, 0) is 4.79 Å². The van der Waals surface area contributed by atoms with E-state index in [1.807, 2.05) is 36.4 Å². The van der Waals surface area contributed by atoms with Crippen LogP contribution < -0.4 is 0 Å². The van der Waals surface area contributed by atoms with Crippen molar-refractivity contribution < 1.29 is 14.7 Å². The van der Waals surface area contributed by atoms with E-state index in [-0.39, 0.29) is 18.5 Å². The number of carbonyl (C=O) groups is 2. The molecule has 0 spiro atoms. The summed E-state index contributed by atoms with van der Waals surface area (Å²) < 4.78 is 0. The number of fused-ring (bicyclic) bond motifs is 1. The summed E-state index contributed by atoms with van der Waals surface area (Å²) in [6.07, 6.45) is 1.79. The second kappa shape index (κ2) is 4.96. The number of hydrogen-bond acceptors (Lipinski definition) is 2. The highest BCUT2D eigenvalue weighted by Gasteiger charge is 2.34. The summed E-state index contributed by atoms with van der Waals surface area (Å²) >= 11 is 0. The molecule has 0 atom stereocenters. The molecule has 20 heavy (non-hydrogen) atoms. The monoisotopic (exact) mass is 269 g/mol. The molecule has 0 heterocycles. The maximum Gasteiger partial charge on any atom is 0.323 e. The molecule has 4 nitrogen and oxygen atoms in total. The van der Waals surface area contributed by atoms with Crippen LogP contribution in [0.25, 0.3) is 10.8 Å². The zero-order valence-electron chi connectivity index (χ0n) is 11.0. The Morgan fingerprint density at radius 1 is 1.10 bits per heavy atom. The van der Waals surface area contributed by atoms with Gasteiger partial charge in [0.2, 0.25) is 0 Å². The van der Waals surface area contributed by atoms with E-state index in [4.69, 9.17) is 5.11 Å². The van der Waals surface area contributed by atoms with Crippen molar-refractivity contribution in [3.63, 3.8) is 0 Å².